The van der Waals surface area contributed by atoms with Crippen LogP contribution in [0.4, 0.5) is 5.69 Å². The van der Waals surface area contributed by atoms with Gasteiger partial charge in [0, 0.05) is 22.9 Å². The number of carboxylic acids is 1. The second kappa shape index (κ2) is 9.03. The summed E-state index contributed by atoms with van der Waals surface area (Å²) in [5.41, 5.74) is 2.85. The number of hydrogen-bond acceptors (Lipinski definition) is 4. The zero-order valence-electron chi connectivity index (χ0n) is 16.3. The third-order valence-corrected chi connectivity index (χ3v) is 3.89. The molecule has 0 spiro atoms. The third kappa shape index (κ3) is 5.57. The van der Waals surface area contributed by atoms with Gasteiger partial charge in [0.1, 0.15) is 5.75 Å². The Morgan fingerprint density at radius 1 is 0.964 bits per heavy atom. The van der Waals surface area contributed by atoms with Gasteiger partial charge in [0.2, 0.25) is 0 Å². The van der Waals surface area contributed by atoms with Crippen LogP contribution in [0.2, 0.25) is 0 Å². The number of benzene rings is 2. The Labute approximate surface area is 163 Å². The van der Waals surface area contributed by atoms with Gasteiger partial charge < -0.3 is 20.5 Å². The van der Waals surface area contributed by atoms with Crippen LogP contribution in [0.3, 0.4) is 0 Å². The molecule has 0 atom stereocenters. The lowest BCUT2D eigenvalue weighted by molar-refractivity contribution is -0.139. The van der Waals surface area contributed by atoms with E-state index in [1.807, 2.05) is 13.8 Å². The van der Waals surface area contributed by atoms with Gasteiger partial charge in [-0.2, -0.15) is 0 Å². The molecule has 2 rings (SSSR count). The van der Waals surface area contributed by atoms with Crippen LogP contribution in [0.1, 0.15) is 45.7 Å². The summed E-state index contributed by atoms with van der Waals surface area (Å²) >= 11 is 0. The van der Waals surface area contributed by atoms with Crippen molar-refractivity contribution in [1.82, 2.24) is 5.32 Å². The zero-order valence-corrected chi connectivity index (χ0v) is 16.3. The van der Waals surface area contributed by atoms with E-state index in [1.165, 1.54) is 0 Å². The second-order valence-corrected chi connectivity index (χ2v) is 6.78. The van der Waals surface area contributed by atoms with Crippen LogP contribution in [0.5, 0.6) is 5.75 Å². The Hall–Kier alpha value is -3.35. The number of amides is 2. The highest BCUT2D eigenvalue weighted by Gasteiger charge is 2.14. The number of carbonyl (C=O) groups excluding carboxylic acids is 2. The van der Waals surface area contributed by atoms with Crippen molar-refractivity contribution in [1.29, 1.82) is 0 Å². The maximum atomic E-state index is 12.5. The van der Waals surface area contributed by atoms with Gasteiger partial charge in [0.05, 0.1) is 0 Å². The number of carboxylic acid groups (broad SMARTS) is 1. The Bertz CT molecular complexity index is 865. The molecule has 0 radical (unpaired) electrons. The van der Waals surface area contributed by atoms with Crippen LogP contribution in [-0.4, -0.2) is 35.5 Å². The van der Waals surface area contributed by atoms with Crippen molar-refractivity contribution >= 4 is 23.5 Å². The number of aryl methyl sites for hydroxylation is 2. The summed E-state index contributed by atoms with van der Waals surface area (Å²) < 4.78 is 5.28. The van der Waals surface area contributed by atoms with Crippen molar-refractivity contribution in [2.45, 2.75) is 33.7 Å². The molecule has 3 N–H and O–H groups in total. The smallest absolute Gasteiger partial charge is 0.341 e. The van der Waals surface area contributed by atoms with Crippen LogP contribution >= 0.6 is 0 Å². The Morgan fingerprint density at radius 3 is 2.04 bits per heavy atom. The first kappa shape index (κ1) is 21.0. The molecule has 28 heavy (non-hydrogen) atoms. The van der Waals surface area contributed by atoms with E-state index in [9.17, 15) is 14.4 Å². The van der Waals surface area contributed by atoms with Crippen LogP contribution in [-0.2, 0) is 4.79 Å². The number of anilines is 1. The largest absolute Gasteiger partial charge is 0.481 e. The second-order valence-electron chi connectivity index (χ2n) is 6.78. The van der Waals surface area contributed by atoms with Gasteiger partial charge in [-0.15, -0.1) is 0 Å². The highest BCUT2D eigenvalue weighted by Crippen LogP contribution is 2.25. The molecular weight excluding hydrogens is 360 g/mol. The fraction of sp³-hybridized carbons (Fsp3) is 0.286. The van der Waals surface area contributed by atoms with Crippen molar-refractivity contribution in [2.75, 3.05) is 11.9 Å². The van der Waals surface area contributed by atoms with Gasteiger partial charge in [-0.25, -0.2) is 4.79 Å². The Balaban J connectivity index is 2.10. The molecule has 0 aromatic heterocycles. The fourth-order valence-electron chi connectivity index (χ4n) is 2.70. The average molecular weight is 384 g/mol. The summed E-state index contributed by atoms with van der Waals surface area (Å²) in [5.74, 6) is -1.09. The molecule has 0 aliphatic heterocycles. The van der Waals surface area contributed by atoms with Crippen molar-refractivity contribution in [3.05, 3.63) is 58.7 Å². The van der Waals surface area contributed by atoms with Crippen molar-refractivity contribution in [3.63, 3.8) is 0 Å². The lowest BCUT2D eigenvalue weighted by atomic mass is 10.0. The number of aliphatic carboxylic acids is 1. The summed E-state index contributed by atoms with van der Waals surface area (Å²) in [7, 11) is 0. The van der Waals surface area contributed by atoms with E-state index in [-0.39, 0.29) is 17.9 Å². The molecular formula is C21H24N2O5. The molecule has 0 heterocycles. The molecule has 2 aromatic carbocycles. The average Bonchev–Trinajstić information content (AvgIpc) is 2.60. The van der Waals surface area contributed by atoms with Crippen molar-refractivity contribution in [2.24, 2.45) is 0 Å². The summed E-state index contributed by atoms with van der Waals surface area (Å²) in [6, 6.07) is 9.95. The Morgan fingerprint density at radius 2 is 1.54 bits per heavy atom. The third-order valence-electron chi connectivity index (χ3n) is 3.89. The van der Waals surface area contributed by atoms with E-state index < -0.39 is 12.6 Å². The molecule has 0 fully saturated rings. The minimum Gasteiger partial charge on any atom is -0.481 e. The van der Waals surface area contributed by atoms with Gasteiger partial charge in [-0.3, -0.25) is 9.59 Å². The van der Waals surface area contributed by atoms with Gasteiger partial charge >= 0.3 is 5.97 Å². The highest BCUT2D eigenvalue weighted by molar-refractivity contribution is 6.05. The van der Waals surface area contributed by atoms with E-state index >= 15 is 0 Å². The van der Waals surface area contributed by atoms with E-state index in [2.05, 4.69) is 10.6 Å². The monoisotopic (exact) mass is 384 g/mol. The molecule has 0 bridgehead atoms. The number of ether oxygens (including phenoxy) is 1. The molecule has 2 aromatic rings. The molecule has 0 unspecified atom stereocenters. The SMILES string of the molecule is Cc1cc(C(=O)Nc2ccc(C(=O)NC(C)C)cc2)cc(C)c1OCC(=O)O. The lowest BCUT2D eigenvalue weighted by Gasteiger charge is -2.13. The first-order chi connectivity index (χ1) is 13.2. The summed E-state index contributed by atoms with van der Waals surface area (Å²) in [6.07, 6.45) is 0. The molecule has 0 aliphatic carbocycles. The highest BCUT2D eigenvalue weighted by atomic mass is 16.5. The molecule has 0 saturated carbocycles. The number of rotatable bonds is 7. The van der Waals surface area contributed by atoms with Gasteiger partial charge in [0.25, 0.3) is 11.8 Å². The first-order valence-corrected chi connectivity index (χ1v) is 8.85. The molecule has 0 saturated heterocycles. The maximum Gasteiger partial charge on any atom is 0.341 e. The van der Waals surface area contributed by atoms with Crippen LogP contribution < -0.4 is 15.4 Å². The van der Waals surface area contributed by atoms with E-state index in [0.717, 1.165) is 0 Å². The molecule has 148 valence electrons. The first-order valence-electron chi connectivity index (χ1n) is 8.85. The van der Waals surface area contributed by atoms with Crippen molar-refractivity contribution in [3.8, 4) is 5.75 Å². The van der Waals surface area contributed by atoms with Crippen LogP contribution in [0.15, 0.2) is 36.4 Å². The summed E-state index contributed by atoms with van der Waals surface area (Å²) in [4.78, 5) is 35.2. The Kier molecular flexibility index (Phi) is 6.76. The number of nitrogens with one attached hydrogen (secondary N) is 2. The van der Waals surface area contributed by atoms with Gasteiger partial charge in [-0.05, 0) is 75.2 Å². The fourth-order valence-corrected chi connectivity index (χ4v) is 2.70. The predicted molar refractivity (Wildman–Crippen MR) is 106 cm³/mol. The molecule has 7 heteroatoms. The molecule has 0 aliphatic rings. The van der Waals surface area contributed by atoms with E-state index in [1.54, 1.807) is 50.2 Å². The molecule has 7 nitrogen and oxygen atoms in total. The zero-order chi connectivity index (χ0) is 20.8. The normalized spacial score (nSPS) is 10.5. The van der Waals surface area contributed by atoms with Gasteiger partial charge in [-0.1, -0.05) is 0 Å². The maximum absolute atomic E-state index is 12.5. The number of hydrogen-bond donors (Lipinski definition) is 3. The minimum atomic E-state index is -1.06. The summed E-state index contributed by atoms with van der Waals surface area (Å²) in [5, 5.41) is 14.3. The topological polar surface area (TPSA) is 105 Å². The minimum absolute atomic E-state index is 0.0424. The van der Waals surface area contributed by atoms with E-state index in [4.69, 9.17) is 9.84 Å². The quantitative estimate of drug-likeness (QED) is 0.680. The van der Waals surface area contributed by atoms with E-state index in [0.29, 0.717) is 33.7 Å². The number of carbonyl (C=O) groups is 3. The van der Waals surface area contributed by atoms with Crippen LogP contribution in [0, 0.1) is 13.8 Å². The summed E-state index contributed by atoms with van der Waals surface area (Å²) in [6.45, 7) is 6.83. The lowest BCUT2D eigenvalue weighted by Crippen LogP contribution is -2.30. The predicted octanol–water partition coefficient (Wildman–Crippen LogP) is 3.16. The van der Waals surface area contributed by atoms with Gasteiger partial charge in [0.15, 0.2) is 6.61 Å². The van der Waals surface area contributed by atoms with Crippen LogP contribution in [0.25, 0.3) is 0 Å². The molecule has 2 amide bonds. The standard InChI is InChI=1S/C21H24N2O5/c1-12(2)22-20(26)15-5-7-17(8-6-15)23-21(27)16-9-13(3)19(14(4)10-16)28-11-18(24)25/h5-10,12H,11H2,1-4H3,(H,22,26)(H,23,27)(H,24,25). The van der Waals surface area contributed by atoms with Crippen molar-refractivity contribution < 1.29 is 24.2 Å².